The van der Waals surface area contributed by atoms with Gasteiger partial charge in [0.1, 0.15) is 11.5 Å². The number of amides is 1. The average molecular weight is 438 g/mol. The third-order valence-electron chi connectivity index (χ3n) is 6.71. The molecule has 1 amide bonds. The maximum Gasteiger partial charge on any atom is 0.225 e. The molecule has 4 rings (SSSR count). The predicted molar refractivity (Wildman–Crippen MR) is 129 cm³/mol. The summed E-state index contributed by atoms with van der Waals surface area (Å²) in [4.78, 5) is 18.1. The van der Waals surface area contributed by atoms with Gasteiger partial charge in [-0.25, -0.2) is 0 Å². The number of nitrogens with zero attached hydrogens (tertiary/aromatic N) is 2. The highest BCUT2D eigenvalue weighted by Crippen LogP contribution is 2.40. The molecule has 6 nitrogen and oxygen atoms in total. The lowest BCUT2D eigenvalue weighted by Crippen LogP contribution is -2.61. The van der Waals surface area contributed by atoms with E-state index in [0.717, 1.165) is 56.2 Å². The summed E-state index contributed by atoms with van der Waals surface area (Å²) in [5, 5.41) is 3.21. The Morgan fingerprint density at radius 2 is 1.91 bits per heavy atom. The van der Waals surface area contributed by atoms with Crippen LogP contribution in [0.4, 0.5) is 11.4 Å². The number of benzene rings is 2. The summed E-state index contributed by atoms with van der Waals surface area (Å²) in [5.74, 6) is 2.36. The minimum Gasteiger partial charge on any atom is -0.497 e. The van der Waals surface area contributed by atoms with Gasteiger partial charge in [-0.3, -0.25) is 4.79 Å². The average Bonchev–Trinajstić information content (AvgIpc) is 2.82. The lowest BCUT2D eigenvalue weighted by atomic mass is 9.83. The Bertz CT molecular complexity index is 946. The van der Waals surface area contributed by atoms with Crippen molar-refractivity contribution in [2.45, 2.75) is 32.7 Å². The number of rotatable bonds is 7. The second-order valence-electron chi connectivity index (χ2n) is 9.16. The van der Waals surface area contributed by atoms with Gasteiger partial charge in [0.2, 0.25) is 5.91 Å². The number of para-hydroxylation sites is 2. The van der Waals surface area contributed by atoms with Crippen LogP contribution in [0.15, 0.2) is 42.5 Å². The van der Waals surface area contributed by atoms with Crippen LogP contribution in [-0.2, 0) is 11.2 Å². The summed E-state index contributed by atoms with van der Waals surface area (Å²) in [6.07, 6.45) is 1.74. The highest BCUT2D eigenvalue weighted by molar-refractivity contribution is 5.82. The summed E-state index contributed by atoms with van der Waals surface area (Å²) >= 11 is 0. The normalized spacial score (nSPS) is 19.9. The van der Waals surface area contributed by atoms with Gasteiger partial charge in [0.05, 0.1) is 31.9 Å². The molecule has 2 aliphatic heterocycles. The van der Waals surface area contributed by atoms with Crippen LogP contribution >= 0.6 is 0 Å². The molecule has 2 aromatic rings. The zero-order chi connectivity index (χ0) is 22.7. The monoisotopic (exact) mass is 437 g/mol. The first-order chi connectivity index (χ1) is 15.5. The maximum atomic E-state index is 13.3. The van der Waals surface area contributed by atoms with Gasteiger partial charge in [-0.15, -0.1) is 0 Å². The molecule has 32 heavy (non-hydrogen) atoms. The molecule has 0 aromatic heterocycles. The summed E-state index contributed by atoms with van der Waals surface area (Å²) in [5.41, 5.74) is 3.50. The lowest BCUT2D eigenvalue weighted by molar-refractivity contribution is -0.125. The number of carbonyl (C=O) groups is 1. The minimum absolute atomic E-state index is 0.0901. The third kappa shape index (κ3) is 4.50. The Balaban J connectivity index is 1.63. The minimum atomic E-state index is -0.0967. The van der Waals surface area contributed by atoms with Gasteiger partial charge < -0.3 is 24.6 Å². The Kier molecular flexibility index (Phi) is 6.77. The fourth-order valence-electron chi connectivity index (χ4n) is 4.93. The van der Waals surface area contributed by atoms with E-state index in [1.165, 1.54) is 11.3 Å². The topological polar surface area (TPSA) is 54.0 Å². The van der Waals surface area contributed by atoms with Crippen molar-refractivity contribution in [3.05, 3.63) is 48.0 Å². The fourth-order valence-corrected chi connectivity index (χ4v) is 4.93. The molecule has 2 aromatic carbocycles. The number of carbonyl (C=O) groups excluding carboxylic acids is 1. The molecule has 2 heterocycles. The van der Waals surface area contributed by atoms with Gasteiger partial charge in [-0.2, -0.15) is 0 Å². The molecule has 0 aliphatic carbocycles. The molecule has 0 unspecified atom stereocenters. The molecular formula is C26H35N3O3. The van der Waals surface area contributed by atoms with Crippen molar-refractivity contribution >= 4 is 17.3 Å². The number of methoxy groups -OCH3 is 2. The molecule has 0 radical (unpaired) electrons. The molecular weight excluding hydrogens is 402 g/mol. The first-order valence-corrected chi connectivity index (χ1v) is 11.6. The van der Waals surface area contributed by atoms with E-state index in [9.17, 15) is 4.79 Å². The van der Waals surface area contributed by atoms with Crippen molar-refractivity contribution in [2.24, 2.45) is 11.8 Å². The van der Waals surface area contributed by atoms with Gasteiger partial charge in [0, 0.05) is 37.9 Å². The first-order valence-electron chi connectivity index (χ1n) is 11.6. The van der Waals surface area contributed by atoms with Gasteiger partial charge in [0.25, 0.3) is 0 Å². The van der Waals surface area contributed by atoms with Gasteiger partial charge in [0.15, 0.2) is 0 Å². The third-order valence-corrected chi connectivity index (χ3v) is 6.71. The van der Waals surface area contributed by atoms with Crippen molar-refractivity contribution in [2.75, 3.05) is 50.2 Å². The predicted octanol–water partition coefficient (Wildman–Crippen LogP) is 3.73. The number of piperazine rings is 1. The fraction of sp³-hybridized carbons (Fsp3) is 0.500. The van der Waals surface area contributed by atoms with Crippen molar-refractivity contribution < 1.29 is 14.3 Å². The van der Waals surface area contributed by atoms with Crippen molar-refractivity contribution in [3.63, 3.8) is 0 Å². The summed E-state index contributed by atoms with van der Waals surface area (Å²) in [6.45, 7) is 7.59. The number of hydrogen-bond donors (Lipinski definition) is 1. The van der Waals surface area contributed by atoms with E-state index in [0.29, 0.717) is 5.92 Å². The van der Waals surface area contributed by atoms with Crippen LogP contribution in [0.5, 0.6) is 11.5 Å². The molecule has 0 saturated carbocycles. The molecule has 0 spiro atoms. The zero-order valence-electron chi connectivity index (χ0n) is 19.6. The van der Waals surface area contributed by atoms with E-state index >= 15 is 0 Å². The second kappa shape index (κ2) is 9.72. The van der Waals surface area contributed by atoms with Crippen LogP contribution in [0.25, 0.3) is 0 Å². The number of anilines is 2. The van der Waals surface area contributed by atoms with E-state index in [4.69, 9.17) is 9.47 Å². The van der Waals surface area contributed by atoms with Crippen LogP contribution in [-0.4, -0.2) is 52.3 Å². The quantitative estimate of drug-likeness (QED) is 0.715. The SMILES string of the molecule is COc1ccc2c(c1)N1CCN(c3ccccc3OC)C[C@@H]1[C@H](C(=O)NCCC(C)C)C2. The van der Waals surface area contributed by atoms with Crippen LogP contribution < -0.4 is 24.6 Å². The molecule has 1 fully saturated rings. The molecule has 2 atom stereocenters. The Morgan fingerprint density at radius 3 is 2.66 bits per heavy atom. The first kappa shape index (κ1) is 22.3. The van der Waals surface area contributed by atoms with E-state index in [2.05, 4.69) is 47.2 Å². The summed E-state index contributed by atoms with van der Waals surface area (Å²) in [6, 6.07) is 14.5. The second-order valence-corrected chi connectivity index (χ2v) is 9.16. The molecule has 1 N–H and O–H groups in total. The van der Waals surface area contributed by atoms with Crippen LogP contribution in [0, 0.1) is 11.8 Å². The zero-order valence-corrected chi connectivity index (χ0v) is 19.6. The molecule has 6 heteroatoms. The summed E-state index contributed by atoms with van der Waals surface area (Å²) in [7, 11) is 3.41. The Labute approximate surface area is 191 Å². The van der Waals surface area contributed by atoms with Crippen LogP contribution in [0.3, 0.4) is 0 Å². The smallest absolute Gasteiger partial charge is 0.225 e. The largest absolute Gasteiger partial charge is 0.497 e. The lowest BCUT2D eigenvalue weighted by Gasteiger charge is -2.49. The van der Waals surface area contributed by atoms with Gasteiger partial charge >= 0.3 is 0 Å². The summed E-state index contributed by atoms with van der Waals surface area (Å²) < 4.78 is 11.1. The van der Waals surface area contributed by atoms with E-state index < -0.39 is 0 Å². The van der Waals surface area contributed by atoms with Crippen LogP contribution in [0.1, 0.15) is 25.8 Å². The van der Waals surface area contributed by atoms with E-state index in [-0.39, 0.29) is 17.9 Å². The number of fused-ring (bicyclic) bond motifs is 3. The molecule has 2 aliphatic rings. The highest BCUT2D eigenvalue weighted by Gasteiger charge is 2.42. The molecule has 0 bridgehead atoms. The standard InChI is InChI=1S/C26H35N3O3/c1-18(2)11-12-27-26(30)21-15-19-9-10-20(31-3)16-23(19)29-14-13-28(17-24(21)29)22-7-5-6-8-25(22)32-4/h5-10,16,18,21,24H,11-15,17H2,1-4H3,(H,27,30)/t21-,24-/m1/s1. The maximum absolute atomic E-state index is 13.3. The highest BCUT2D eigenvalue weighted by atomic mass is 16.5. The van der Waals surface area contributed by atoms with Crippen LogP contribution in [0.2, 0.25) is 0 Å². The Hall–Kier alpha value is -2.89. The van der Waals surface area contributed by atoms with Gasteiger partial charge in [-0.05, 0) is 42.5 Å². The van der Waals surface area contributed by atoms with Gasteiger partial charge in [-0.1, -0.05) is 32.0 Å². The van der Waals surface area contributed by atoms with E-state index in [1.54, 1.807) is 14.2 Å². The Morgan fingerprint density at radius 1 is 1.09 bits per heavy atom. The molecule has 172 valence electrons. The van der Waals surface area contributed by atoms with E-state index in [1.807, 2.05) is 24.3 Å². The number of nitrogens with one attached hydrogen (secondary N) is 1. The number of ether oxygens (including phenoxy) is 2. The molecule has 1 saturated heterocycles. The van der Waals surface area contributed by atoms with Crippen molar-refractivity contribution in [1.29, 1.82) is 0 Å². The number of hydrogen-bond acceptors (Lipinski definition) is 5. The van der Waals surface area contributed by atoms with Crippen molar-refractivity contribution in [1.82, 2.24) is 5.32 Å². The van der Waals surface area contributed by atoms with Crippen molar-refractivity contribution in [3.8, 4) is 11.5 Å².